The Morgan fingerprint density at radius 3 is 2.48 bits per heavy atom. The number of carbonyl (C=O) groups is 1. The average molecular weight is 313 g/mol. The molecular weight excluding hydrogens is 288 g/mol. The normalized spacial score (nSPS) is 12.3. The number of para-hydroxylation sites is 1. The van der Waals surface area contributed by atoms with Gasteiger partial charge in [-0.25, -0.2) is 0 Å². The van der Waals surface area contributed by atoms with E-state index in [9.17, 15) is 4.79 Å². The smallest absolute Gasteiger partial charge is 0.236 e. The van der Waals surface area contributed by atoms with Crippen molar-refractivity contribution in [2.45, 2.75) is 26.8 Å². The first-order chi connectivity index (χ1) is 9.99. The van der Waals surface area contributed by atoms with Crippen molar-refractivity contribution in [1.82, 2.24) is 9.80 Å². The Hall–Kier alpha value is -1.26. The van der Waals surface area contributed by atoms with Gasteiger partial charge in [-0.1, -0.05) is 37.6 Å². The van der Waals surface area contributed by atoms with Crippen LogP contribution >= 0.6 is 11.6 Å². The molecule has 0 fully saturated rings. The summed E-state index contributed by atoms with van der Waals surface area (Å²) in [6.45, 7) is 8.70. The summed E-state index contributed by atoms with van der Waals surface area (Å²) in [4.78, 5) is 16.0. The first-order valence-corrected chi connectivity index (χ1v) is 7.72. The van der Waals surface area contributed by atoms with E-state index in [1.165, 1.54) is 0 Å². The van der Waals surface area contributed by atoms with E-state index in [-0.39, 0.29) is 11.9 Å². The molecule has 0 aliphatic rings. The predicted octanol–water partition coefficient (Wildman–Crippen LogP) is 2.91. The van der Waals surface area contributed by atoms with Crippen LogP contribution in [0.2, 0.25) is 5.02 Å². The third kappa shape index (κ3) is 5.56. The summed E-state index contributed by atoms with van der Waals surface area (Å²) in [6.07, 6.45) is 0. The Morgan fingerprint density at radius 2 is 1.90 bits per heavy atom. The molecule has 0 bridgehead atoms. The van der Waals surface area contributed by atoms with Crippen molar-refractivity contribution in [3.63, 3.8) is 0 Å². The van der Waals surface area contributed by atoms with Crippen LogP contribution < -0.4 is 4.74 Å². The maximum Gasteiger partial charge on any atom is 0.236 e. The summed E-state index contributed by atoms with van der Waals surface area (Å²) in [6, 6.07) is 7.34. The largest absolute Gasteiger partial charge is 0.490 e. The van der Waals surface area contributed by atoms with Gasteiger partial charge in [-0.05, 0) is 32.1 Å². The monoisotopic (exact) mass is 312 g/mol. The second kappa shape index (κ2) is 8.90. The Kier molecular flexibility index (Phi) is 7.54. The van der Waals surface area contributed by atoms with Crippen molar-refractivity contribution < 1.29 is 9.53 Å². The lowest BCUT2D eigenvalue weighted by Crippen LogP contribution is -2.44. The molecule has 1 unspecified atom stereocenters. The van der Waals surface area contributed by atoms with Crippen LogP contribution in [0.15, 0.2) is 24.3 Å². The van der Waals surface area contributed by atoms with Crippen molar-refractivity contribution in [1.29, 1.82) is 0 Å². The second-order valence-corrected chi connectivity index (χ2v) is 5.46. The third-order valence-corrected chi connectivity index (χ3v) is 3.94. The highest BCUT2D eigenvalue weighted by Gasteiger charge is 2.18. The highest BCUT2D eigenvalue weighted by molar-refractivity contribution is 6.32. The molecule has 5 heteroatoms. The van der Waals surface area contributed by atoms with Crippen LogP contribution in [0.3, 0.4) is 0 Å². The zero-order chi connectivity index (χ0) is 15.8. The van der Waals surface area contributed by atoms with Gasteiger partial charge >= 0.3 is 0 Å². The van der Waals surface area contributed by atoms with Gasteiger partial charge in [0.1, 0.15) is 12.4 Å². The summed E-state index contributed by atoms with van der Waals surface area (Å²) in [5.41, 5.74) is 0. The fourth-order valence-corrected chi connectivity index (χ4v) is 2.07. The van der Waals surface area contributed by atoms with E-state index < -0.39 is 0 Å². The van der Waals surface area contributed by atoms with Crippen LogP contribution in [0.1, 0.15) is 20.8 Å². The van der Waals surface area contributed by atoms with Gasteiger partial charge in [-0.2, -0.15) is 0 Å². The number of halogens is 1. The van der Waals surface area contributed by atoms with Crippen molar-refractivity contribution >= 4 is 17.5 Å². The highest BCUT2D eigenvalue weighted by Crippen LogP contribution is 2.23. The molecule has 0 aliphatic carbocycles. The number of hydrogen-bond acceptors (Lipinski definition) is 3. The lowest BCUT2D eigenvalue weighted by atomic mass is 10.3. The zero-order valence-electron chi connectivity index (χ0n) is 13.3. The first-order valence-electron chi connectivity index (χ1n) is 7.34. The lowest BCUT2D eigenvalue weighted by molar-refractivity contribution is -0.133. The zero-order valence-corrected chi connectivity index (χ0v) is 14.1. The summed E-state index contributed by atoms with van der Waals surface area (Å²) in [5.74, 6) is 0.754. The number of rotatable bonds is 8. The molecule has 4 nitrogen and oxygen atoms in total. The second-order valence-electron chi connectivity index (χ2n) is 5.06. The SMILES string of the molecule is CCN(CC)CC(=O)N(C)C(C)COc1ccccc1Cl. The molecule has 1 aromatic carbocycles. The quantitative estimate of drug-likeness (QED) is 0.740. The van der Waals surface area contributed by atoms with Crippen LogP contribution in [-0.2, 0) is 4.79 Å². The Morgan fingerprint density at radius 1 is 1.29 bits per heavy atom. The van der Waals surface area contributed by atoms with Gasteiger partial charge in [-0.15, -0.1) is 0 Å². The molecule has 1 rings (SSSR count). The first kappa shape index (κ1) is 17.8. The van der Waals surface area contributed by atoms with Crippen molar-refractivity contribution in [2.24, 2.45) is 0 Å². The summed E-state index contributed by atoms with van der Waals surface area (Å²) in [5, 5.41) is 0.585. The number of carbonyl (C=O) groups excluding carboxylic acids is 1. The van der Waals surface area contributed by atoms with Crippen molar-refractivity contribution in [3.05, 3.63) is 29.3 Å². The molecule has 1 aromatic rings. The van der Waals surface area contributed by atoms with Gasteiger partial charge in [0.2, 0.25) is 5.91 Å². The van der Waals surface area contributed by atoms with E-state index >= 15 is 0 Å². The number of ether oxygens (including phenoxy) is 1. The van der Waals surface area contributed by atoms with Crippen LogP contribution in [0.5, 0.6) is 5.75 Å². The molecule has 1 amide bonds. The number of hydrogen-bond donors (Lipinski definition) is 0. The number of nitrogens with zero attached hydrogens (tertiary/aromatic N) is 2. The van der Waals surface area contributed by atoms with E-state index in [0.717, 1.165) is 13.1 Å². The molecule has 21 heavy (non-hydrogen) atoms. The van der Waals surface area contributed by atoms with E-state index in [1.54, 1.807) is 11.0 Å². The molecule has 1 atom stereocenters. The van der Waals surface area contributed by atoms with Crippen molar-refractivity contribution in [2.75, 3.05) is 33.3 Å². The minimum Gasteiger partial charge on any atom is -0.490 e. The van der Waals surface area contributed by atoms with Gasteiger partial charge in [0.15, 0.2) is 0 Å². The molecule has 118 valence electrons. The minimum absolute atomic E-state index is 0.00987. The maximum absolute atomic E-state index is 12.2. The molecule has 0 spiro atoms. The van der Waals surface area contributed by atoms with Gasteiger partial charge in [0, 0.05) is 7.05 Å². The maximum atomic E-state index is 12.2. The standard InChI is InChI=1S/C16H25ClN2O2/c1-5-19(6-2)11-16(20)18(4)13(3)12-21-15-10-8-7-9-14(15)17/h7-10,13H,5-6,11-12H2,1-4H3. The fourth-order valence-electron chi connectivity index (χ4n) is 1.88. The topological polar surface area (TPSA) is 32.8 Å². The molecule has 0 heterocycles. The molecular formula is C16H25ClN2O2. The average Bonchev–Trinajstić information content (AvgIpc) is 2.50. The Bertz CT molecular complexity index is 450. The Labute approximate surface area is 132 Å². The van der Waals surface area contributed by atoms with Crippen LogP contribution in [0.25, 0.3) is 0 Å². The molecule has 0 radical (unpaired) electrons. The summed E-state index contributed by atoms with van der Waals surface area (Å²) in [7, 11) is 1.81. The fraction of sp³-hybridized carbons (Fsp3) is 0.562. The number of amides is 1. The molecule has 0 N–H and O–H groups in total. The molecule has 0 aromatic heterocycles. The van der Waals surface area contributed by atoms with Crippen LogP contribution in [-0.4, -0.2) is 55.0 Å². The van der Waals surface area contributed by atoms with Crippen LogP contribution in [0.4, 0.5) is 0 Å². The molecule has 0 saturated carbocycles. The highest BCUT2D eigenvalue weighted by atomic mass is 35.5. The number of likely N-dealkylation sites (N-methyl/N-ethyl adjacent to an activating group) is 2. The van der Waals surface area contributed by atoms with Gasteiger partial charge in [-0.3, -0.25) is 9.69 Å². The molecule has 0 saturated heterocycles. The summed E-state index contributed by atoms with van der Waals surface area (Å²) < 4.78 is 5.69. The third-order valence-electron chi connectivity index (χ3n) is 3.62. The summed E-state index contributed by atoms with van der Waals surface area (Å²) >= 11 is 6.04. The number of benzene rings is 1. The van der Waals surface area contributed by atoms with Gasteiger partial charge in [0.25, 0.3) is 0 Å². The van der Waals surface area contributed by atoms with Gasteiger partial charge < -0.3 is 9.64 Å². The van der Waals surface area contributed by atoms with Gasteiger partial charge in [0.05, 0.1) is 17.6 Å². The van der Waals surface area contributed by atoms with E-state index in [1.807, 2.05) is 32.2 Å². The minimum atomic E-state index is -0.00987. The van der Waals surface area contributed by atoms with E-state index in [0.29, 0.717) is 23.9 Å². The Balaban J connectivity index is 2.49. The van der Waals surface area contributed by atoms with Crippen molar-refractivity contribution in [3.8, 4) is 5.75 Å². The lowest BCUT2D eigenvalue weighted by Gasteiger charge is -2.28. The van der Waals surface area contributed by atoms with E-state index in [2.05, 4.69) is 18.7 Å². The molecule has 0 aliphatic heterocycles. The van der Waals surface area contributed by atoms with E-state index in [4.69, 9.17) is 16.3 Å². The van der Waals surface area contributed by atoms with Crippen LogP contribution in [0, 0.1) is 0 Å². The predicted molar refractivity (Wildman–Crippen MR) is 87.0 cm³/mol.